The van der Waals surface area contributed by atoms with E-state index in [9.17, 15) is 14.9 Å². The third-order valence-electron chi connectivity index (χ3n) is 5.02. The number of unbranched alkanes of at least 4 members (excludes halogenated alkanes) is 1. The number of aromatic nitrogens is 1. The average Bonchev–Trinajstić information content (AvgIpc) is 3.13. The van der Waals surface area contributed by atoms with Crippen LogP contribution < -0.4 is 5.32 Å². The number of ether oxygens (including phenoxy) is 1. The van der Waals surface area contributed by atoms with Crippen molar-refractivity contribution in [3.63, 3.8) is 0 Å². The van der Waals surface area contributed by atoms with Crippen molar-refractivity contribution in [2.45, 2.75) is 63.3 Å². The van der Waals surface area contributed by atoms with Crippen LogP contribution in [0, 0.1) is 11.3 Å². The molecule has 0 spiro atoms. The maximum absolute atomic E-state index is 12.0. The van der Waals surface area contributed by atoms with E-state index in [0.29, 0.717) is 19.3 Å². The van der Waals surface area contributed by atoms with Gasteiger partial charge in [0.2, 0.25) is 0 Å². The smallest absolute Gasteiger partial charge is 0.306 e. The van der Waals surface area contributed by atoms with Crippen molar-refractivity contribution in [3.8, 4) is 6.07 Å². The summed E-state index contributed by atoms with van der Waals surface area (Å²) in [4.78, 5) is 28.5. The van der Waals surface area contributed by atoms with Crippen LogP contribution >= 0.6 is 11.3 Å². The number of rotatable bonds is 8. The van der Waals surface area contributed by atoms with E-state index in [1.165, 1.54) is 4.70 Å². The molecule has 148 valence electrons. The minimum atomic E-state index is -0.793. The van der Waals surface area contributed by atoms with Crippen molar-refractivity contribution < 1.29 is 14.3 Å². The molecule has 0 aliphatic heterocycles. The fourth-order valence-corrected chi connectivity index (χ4v) is 4.52. The van der Waals surface area contributed by atoms with Gasteiger partial charge in [0.15, 0.2) is 6.61 Å². The number of carbonyl (C=O) groups is 2. The Morgan fingerprint density at radius 2 is 2.00 bits per heavy atom. The Hall–Kier alpha value is -2.46. The highest BCUT2D eigenvalue weighted by Gasteiger charge is 2.33. The van der Waals surface area contributed by atoms with Gasteiger partial charge in [-0.25, -0.2) is 4.98 Å². The van der Waals surface area contributed by atoms with Gasteiger partial charge in [-0.3, -0.25) is 9.59 Å². The molecule has 1 N–H and O–H groups in total. The lowest BCUT2D eigenvalue weighted by atomic mass is 9.83. The Morgan fingerprint density at radius 3 is 2.75 bits per heavy atom. The van der Waals surface area contributed by atoms with Gasteiger partial charge in [0.1, 0.15) is 5.54 Å². The van der Waals surface area contributed by atoms with Crippen LogP contribution in [0.5, 0.6) is 0 Å². The van der Waals surface area contributed by atoms with Crippen LogP contribution in [0.15, 0.2) is 24.3 Å². The maximum atomic E-state index is 12.0. The van der Waals surface area contributed by atoms with Crippen LogP contribution in [0.2, 0.25) is 0 Å². The number of esters is 1. The molecule has 2 aromatic rings. The quantitative estimate of drug-likeness (QED) is 0.537. The molecule has 1 fully saturated rings. The van der Waals surface area contributed by atoms with Crippen LogP contribution in [0.4, 0.5) is 0 Å². The van der Waals surface area contributed by atoms with E-state index in [1.807, 2.05) is 18.2 Å². The number of hydrogen-bond donors (Lipinski definition) is 1. The highest BCUT2D eigenvalue weighted by molar-refractivity contribution is 7.18. The van der Waals surface area contributed by atoms with E-state index in [-0.39, 0.29) is 19.0 Å². The van der Waals surface area contributed by atoms with Gasteiger partial charge in [0.05, 0.1) is 21.3 Å². The Kier molecular flexibility index (Phi) is 6.99. The van der Waals surface area contributed by atoms with Crippen molar-refractivity contribution in [1.82, 2.24) is 10.3 Å². The number of aryl methyl sites for hydroxylation is 1. The number of nitrogens with one attached hydrogen (secondary N) is 1. The van der Waals surface area contributed by atoms with Gasteiger partial charge in [0, 0.05) is 6.42 Å². The normalized spacial score (nSPS) is 15.7. The summed E-state index contributed by atoms with van der Waals surface area (Å²) in [5, 5.41) is 13.2. The molecule has 0 unspecified atom stereocenters. The van der Waals surface area contributed by atoms with Gasteiger partial charge >= 0.3 is 5.97 Å². The number of nitriles is 1. The number of benzene rings is 1. The summed E-state index contributed by atoms with van der Waals surface area (Å²) >= 11 is 1.68. The van der Waals surface area contributed by atoms with E-state index >= 15 is 0 Å². The van der Waals surface area contributed by atoms with Crippen molar-refractivity contribution >= 4 is 33.4 Å². The van der Waals surface area contributed by atoms with Crippen LogP contribution in [-0.4, -0.2) is 29.0 Å². The van der Waals surface area contributed by atoms with Crippen molar-refractivity contribution in [2.75, 3.05) is 6.61 Å². The molecule has 3 rings (SSSR count). The van der Waals surface area contributed by atoms with E-state index in [4.69, 9.17) is 4.74 Å². The first-order chi connectivity index (χ1) is 13.6. The minimum absolute atomic E-state index is 0.279. The minimum Gasteiger partial charge on any atom is -0.456 e. The molecule has 0 saturated heterocycles. The van der Waals surface area contributed by atoms with Crippen LogP contribution in [0.1, 0.15) is 56.4 Å². The first kappa shape index (κ1) is 20.3. The molecule has 6 nitrogen and oxygen atoms in total. The lowest BCUT2D eigenvalue weighted by Crippen LogP contribution is -2.50. The maximum Gasteiger partial charge on any atom is 0.306 e. The molecule has 1 aromatic carbocycles. The second-order valence-corrected chi connectivity index (χ2v) is 8.36. The van der Waals surface area contributed by atoms with Gasteiger partial charge in [-0.05, 0) is 44.2 Å². The molecule has 0 radical (unpaired) electrons. The Balaban J connectivity index is 1.33. The highest BCUT2D eigenvalue weighted by atomic mass is 32.1. The predicted molar refractivity (Wildman–Crippen MR) is 108 cm³/mol. The summed E-state index contributed by atoms with van der Waals surface area (Å²) in [6, 6.07) is 10.3. The summed E-state index contributed by atoms with van der Waals surface area (Å²) in [7, 11) is 0. The molecule has 1 aliphatic rings. The molecule has 0 atom stereocenters. The van der Waals surface area contributed by atoms with Crippen LogP contribution in [0.3, 0.4) is 0 Å². The number of fused-ring (bicyclic) bond motifs is 1. The molecule has 28 heavy (non-hydrogen) atoms. The molecule has 1 aromatic heterocycles. The number of para-hydroxylation sites is 1. The molecular weight excluding hydrogens is 374 g/mol. The number of nitrogens with zero attached hydrogens (tertiary/aromatic N) is 2. The number of hydrogen-bond acceptors (Lipinski definition) is 6. The zero-order chi connectivity index (χ0) is 19.8. The van der Waals surface area contributed by atoms with Crippen molar-refractivity contribution in [2.24, 2.45) is 0 Å². The molecule has 1 heterocycles. The largest absolute Gasteiger partial charge is 0.456 e. The topological polar surface area (TPSA) is 92.1 Å². The zero-order valence-corrected chi connectivity index (χ0v) is 16.7. The lowest BCUT2D eigenvalue weighted by Gasteiger charge is -2.31. The Morgan fingerprint density at radius 1 is 1.21 bits per heavy atom. The number of amides is 1. The molecular formula is C21H25N3O3S. The molecule has 0 bridgehead atoms. The Bertz CT molecular complexity index is 832. The fourth-order valence-electron chi connectivity index (χ4n) is 3.51. The first-order valence-corrected chi connectivity index (χ1v) is 10.6. The van der Waals surface area contributed by atoms with Gasteiger partial charge < -0.3 is 10.1 Å². The van der Waals surface area contributed by atoms with E-state index in [1.54, 1.807) is 11.3 Å². The second-order valence-electron chi connectivity index (χ2n) is 7.25. The Labute approximate surface area is 168 Å². The van der Waals surface area contributed by atoms with E-state index in [2.05, 4.69) is 22.4 Å². The predicted octanol–water partition coefficient (Wildman–Crippen LogP) is 3.89. The first-order valence-electron chi connectivity index (χ1n) is 9.83. The summed E-state index contributed by atoms with van der Waals surface area (Å²) in [6.07, 6.45) is 6.93. The van der Waals surface area contributed by atoms with Crippen molar-refractivity contribution in [1.29, 1.82) is 5.26 Å². The van der Waals surface area contributed by atoms with E-state index in [0.717, 1.165) is 42.6 Å². The summed E-state index contributed by atoms with van der Waals surface area (Å²) in [5.74, 6) is -0.777. The van der Waals surface area contributed by atoms with Gasteiger partial charge in [0.25, 0.3) is 5.91 Å². The molecule has 1 saturated carbocycles. The van der Waals surface area contributed by atoms with Crippen LogP contribution in [0.25, 0.3) is 10.2 Å². The average molecular weight is 400 g/mol. The third-order valence-corrected chi connectivity index (χ3v) is 6.12. The molecule has 1 amide bonds. The standard InChI is InChI=1S/C21H25N3O3S/c22-15-21(12-6-1-7-13-21)24-18(25)14-27-20(26)11-5-4-10-19-23-16-8-2-3-9-17(16)28-19/h2-3,8-9H,1,4-7,10-14H2,(H,24,25). The summed E-state index contributed by atoms with van der Waals surface area (Å²) in [6.45, 7) is -0.319. The zero-order valence-electron chi connectivity index (χ0n) is 15.9. The number of carbonyl (C=O) groups excluding carboxylic acids is 2. The highest BCUT2D eigenvalue weighted by Crippen LogP contribution is 2.27. The monoisotopic (exact) mass is 399 g/mol. The summed E-state index contributed by atoms with van der Waals surface area (Å²) < 4.78 is 6.24. The van der Waals surface area contributed by atoms with Gasteiger partial charge in [-0.2, -0.15) is 5.26 Å². The third kappa shape index (κ3) is 5.52. The summed E-state index contributed by atoms with van der Waals surface area (Å²) in [5.41, 5.74) is 0.222. The molecule has 7 heteroatoms. The van der Waals surface area contributed by atoms with E-state index < -0.39 is 11.4 Å². The van der Waals surface area contributed by atoms with Gasteiger partial charge in [-0.15, -0.1) is 11.3 Å². The van der Waals surface area contributed by atoms with Gasteiger partial charge in [-0.1, -0.05) is 31.4 Å². The second kappa shape index (κ2) is 9.65. The molecule has 1 aliphatic carbocycles. The number of thiazole rings is 1. The van der Waals surface area contributed by atoms with Crippen molar-refractivity contribution in [3.05, 3.63) is 29.3 Å². The lowest BCUT2D eigenvalue weighted by molar-refractivity contribution is -0.149. The van der Waals surface area contributed by atoms with Crippen LogP contribution in [-0.2, 0) is 20.7 Å². The fraction of sp³-hybridized carbons (Fsp3) is 0.524. The SMILES string of the molecule is N#CC1(NC(=O)COC(=O)CCCCc2nc3ccccc3s2)CCCCC1.